The van der Waals surface area contributed by atoms with Crippen molar-refractivity contribution in [2.75, 3.05) is 11.9 Å². The van der Waals surface area contributed by atoms with Crippen LogP contribution in [0.25, 0.3) is 0 Å². The Morgan fingerprint density at radius 3 is 2.25 bits per heavy atom. The van der Waals surface area contributed by atoms with Crippen LogP contribution in [0.4, 0.5) is 5.69 Å². The monoisotopic (exact) mass is 329 g/mol. The molecule has 24 heavy (non-hydrogen) atoms. The molecule has 2 fully saturated rings. The second-order valence-corrected chi connectivity index (χ2v) is 6.14. The fourth-order valence-electron chi connectivity index (χ4n) is 3.49. The van der Waals surface area contributed by atoms with Crippen molar-refractivity contribution in [2.45, 2.75) is 25.7 Å². The Morgan fingerprint density at radius 2 is 1.67 bits per heavy atom. The summed E-state index contributed by atoms with van der Waals surface area (Å²) in [5, 5.41) is 13.5. The molecule has 0 aromatic heterocycles. The van der Waals surface area contributed by atoms with Crippen LogP contribution in [0.5, 0.6) is 0 Å². The molecule has 1 N–H and O–H groups in total. The number of carbonyl (C=O) groups excluding carboxylic acids is 4. The van der Waals surface area contributed by atoms with Crippen molar-refractivity contribution in [1.29, 1.82) is 0 Å². The number of carboxylic acid groups (broad SMARTS) is 1. The molecule has 3 amide bonds. The third-order valence-electron chi connectivity index (χ3n) is 4.66. The molecular weight excluding hydrogens is 312 g/mol. The summed E-state index contributed by atoms with van der Waals surface area (Å²) in [5.41, 5.74) is -0.0717. The molecule has 7 heteroatoms. The number of amides is 3. The van der Waals surface area contributed by atoms with E-state index in [4.69, 9.17) is 0 Å². The number of carbonyl (C=O) groups is 4. The molecule has 1 heterocycles. The van der Waals surface area contributed by atoms with E-state index in [1.807, 2.05) is 0 Å². The lowest BCUT2D eigenvalue weighted by Gasteiger charge is -2.19. The minimum absolute atomic E-state index is 0.0824. The Hall–Kier alpha value is -2.70. The first-order valence-corrected chi connectivity index (χ1v) is 7.94. The van der Waals surface area contributed by atoms with E-state index in [2.05, 4.69) is 5.32 Å². The van der Waals surface area contributed by atoms with Gasteiger partial charge in [-0.25, -0.2) is 0 Å². The number of nitrogens with zero attached hydrogens (tertiary/aromatic N) is 1. The highest BCUT2D eigenvalue weighted by atomic mass is 16.4. The number of carboxylic acids is 1. The predicted octanol–water partition coefficient (Wildman–Crippen LogP) is 0.164. The summed E-state index contributed by atoms with van der Waals surface area (Å²) >= 11 is 0. The van der Waals surface area contributed by atoms with Gasteiger partial charge in [0.1, 0.15) is 6.54 Å². The van der Waals surface area contributed by atoms with Crippen LogP contribution in [-0.2, 0) is 14.4 Å². The number of rotatable bonds is 4. The van der Waals surface area contributed by atoms with E-state index in [9.17, 15) is 24.3 Å². The van der Waals surface area contributed by atoms with Crippen molar-refractivity contribution < 1.29 is 24.3 Å². The molecule has 0 radical (unpaired) electrons. The lowest BCUT2D eigenvalue weighted by atomic mass is 9.81. The van der Waals surface area contributed by atoms with Gasteiger partial charge in [0.05, 0.1) is 17.8 Å². The van der Waals surface area contributed by atoms with Crippen LogP contribution in [0.2, 0.25) is 0 Å². The van der Waals surface area contributed by atoms with E-state index < -0.39 is 18.4 Å². The maximum Gasteiger partial charge on any atom is 0.244 e. The van der Waals surface area contributed by atoms with Gasteiger partial charge >= 0.3 is 0 Å². The minimum Gasteiger partial charge on any atom is -0.545 e. The number of imide groups is 1. The lowest BCUT2D eigenvalue weighted by Crippen LogP contribution is -2.38. The summed E-state index contributed by atoms with van der Waals surface area (Å²) < 4.78 is 0. The number of anilines is 1. The normalized spacial score (nSPS) is 23.1. The third-order valence-corrected chi connectivity index (χ3v) is 4.66. The molecule has 1 aliphatic heterocycles. The first-order chi connectivity index (χ1) is 11.5. The third kappa shape index (κ3) is 2.89. The average molecular weight is 329 g/mol. The number of hydrogen-bond acceptors (Lipinski definition) is 5. The highest BCUT2D eigenvalue weighted by Crippen LogP contribution is 2.37. The zero-order valence-corrected chi connectivity index (χ0v) is 13.0. The molecule has 3 rings (SSSR count). The van der Waals surface area contributed by atoms with Crippen LogP contribution in [-0.4, -0.2) is 35.1 Å². The second-order valence-electron chi connectivity index (χ2n) is 6.14. The summed E-state index contributed by atoms with van der Waals surface area (Å²) in [6, 6.07) is 5.82. The van der Waals surface area contributed by atoms with Crippen LogP contribution < -0.4 is 10.4 Å². The van der Waals surface area contributed by atoms with Gasteiger partial charge < -0.3 is 15.2 Å². The lowest BCUT2D eigenvalue weighted by molar-refractivity contribution is -0.254. The molecule has 0 unspecified atom stereocenters. The Morgan fingerprint density at radius 1 is 1.08 bits per heavy atom. The first-order valence-electron chi connectivity index (χ1n) is 7.94. The predicted molar refractivity (Wildman–Crippen MR) is 81.6 cm³/mol. The molecule has 126 valence electrons. The van der Waals surface area contributed by atoms with E-state index >= 15 is 0 Å². The van der Waals surface area contributed by atoms with Gasteiger partial charge in [0.15, 0.2) is 0 Å². The average Bonchev–Trinajstić information content (AvgIpc) is 2.80. The molecule has 0 spiro atoms. The molecule has 1 aliphatic carbocycles. The topological polar surface area (TPSA) is 107 Å². The molecule has 7 nitrogen and oxygen atoms in total. The molecule has 0 bridgehead atoms. The number of para-hydroxylation sites is 1. The smallest absolute Gasteiger partial charge is 0.244 e. The SMILES string of the molecule is O=C(CN1C(=O)[C@H]2CCCC[C@H]2C1=O)Nc1ccccc1C(=O)[O-]. The number of fused-ring (bicyclic) bond motifs is 1. The van der Waals surface area contributed by atoms with Gasteiger partial charge in [-0.1, -0.05) is 31.0 Å². The van der Waals surface area contributed by atoms with E-state index in [1.54, 1.807) is 6.07 Å². The second kappa shape index (κ2) is 6.43. The number of likely N-dealkylation sites (tertiary alicyclic amines) is 1. The van der Waals surface area contributed by atoms with Crippen molar-refractivity contribution in [3.63, 3.8) is 0 Å². The largest absolute Gasteiger partial charge is 0.545 e. The zero-order chi connectivity index (χ0) is 17.3. The molecule has 2 atom stereocenters. The van der Waals surface area contributed by atoms with Crippen LogP contribution in [0, 0.1) is 11.8 Å². The van der Waals surface area contributed by atoms with Crippen LogP contribution in [0.3, 0.4) is 0 Å². The fraction of sp³-hybridized carbons (Fsp3) is 0.412. The standard InChI is InChI=1S/C17H18N2O5/c20-14(18-13-8-4-3-7-12(13)17(23)24)9-19-15(21)10-5-1-2-6-11(10)16(19)22/h3-4,7-8,10-11H,1-2,5-6,9H2,(H,18,20)(H,23,24)/p-1/t10-,11+. The number of benzene rings is 1. The van der Waals surface area contributed by atoms with Gasteiger partial charge in [-0.05, 0) is 18.9 Å². The van der Waals surface area contributed by atoms with Crippen molar-refractivity contribution >= 4 is 29.4 Å². The number of hydrogen-bond donors (Lipinski definition) is 1. The van der Waals surface area contributed by atoms with Crippen LogP contribution in [0.15, 0.2) is 24.3 Å². The minimum atomic E-state index is -1.41. The van der Waals surface area contributed by atoms with Crippen LogP contribution >= 0.6 is 0 Å². The Bertz CT molecular complexity index is 691. The highest BCUT2D eigenvalue weighted by Gasteiger charge is 2.48. The van der Waals surface area contributed by atoms with Crippen molar-refractivity contribution in [1.82, 2.24) is 4.90 Å². The number of aromatic carboxylic acids is 1. The molecular formula is C17H17N2O5-. The Labute approximate surface area is 138 Å². The van der Waals surface area contributed by atoms with Gasteiger partial charge in [-0.15, -0.1) is 0 Å². The molecule has 2 aliphatic rings. The zero-order valence-electron chi connectivity index (χ0n) is 13.0. The van der Waals surface area contributed by atoms with Gasteiger partial charge in [-0.2, -0.15) is 0 Å². The summed E-state index contributed by atoms with van der Waals surface area (Å²) in [7, 11) is 0. The van der Waals surface area contributed by atoms with E-state index in [0.717, 1.165) is 17.7 Å². The summed E-state index contributed by atoms with van der Waals surface area (Å²) in [6.45, 7) is -0.397. The van der Waals surface area contributed by atoms with E-state index in [0.29, 0.717) is 12.8 Å². The van der Waals surface area contributed by atoms with Crippen molar-refractivity contribution in [3.05, 3.63) is 29.8 Å². The van der Waals surface area contributed by atoms with Crippen molar-refractivity contribution in [2.24, 2.45) is 11.8 Å². The van der Waals surface area contributed by atoms with Gasteiger partial charge in [0.25, 0.3) is 0 Å². The first kappa shape index (κ1) is 16.2. The van der Waals surface area contributed by atoms with Gasteiger partial charge in [0, 0.05) is 11.3 Å². The van der Waals surface area contributed by atoms with Crippen molar-refractivity contribution in [3.8, 4) is 0 Å². The molecule has 1 aromatic carbocycles. The highest BCUT2D eigenvalue weighted by molar-refractivity contribution is 6.09. The number of nitrogens with one attached hydrogen (secondary N) is 1. The van der Waals surface area contributed by atoms with Gasteiger partial charge in [-0.3, -0.25) is 19.3 Å². The molecule has 1 saturated carbocycles. The Balaban J connectivity index is 1.70. The fourth-order valence-corrected chi connectivity index (χ4v) is 3.49. The maximum absolute atomic E-state index is 12.3. The molecule has 1 saturated heterocycles. The quantitative estimate of drug-likeness (QED) is 0.792. The maximum atomic E-state index is 12.3. The Kier molecular flexibility index (Phi) is 4.33. The van der Waals surface area contributed by atoms with Gasteiger partial charge in [0.2, 0.25) is 17.7 Å². The van der Waals surface area contributed by atoms with Crippen LogP contribution in [0.1, 0.15) is 36.0 Å². The van der Waals surface area contributed by atoms with E-state index in [1.165, 1.54) is 18.2 Å². The molecule has 1 aromatic rings. The summed E-state index contributed by atoms with van der Waals surface area (Å²) in [6.07, 6.45) is 3.19. The summed E-state index contributed by atoms with van der Waals surface area (Å²) in [5.74, 6) is -3.24. The van der Waals surface area contributed by atoms with E-state index in [-0.39, 0.29) is 34.9 Å². The summed E-state index contributed by atoms with van der Waals surface area (Å²) in [4.78, 5) is 48.9.